The van der Waals surface area contributed by atoms with Gasteiger partial charge >= 0.3 is 0 Å². The Morgan fingerprint density at radius 1 is 0.702 bits per heavy atom. The fourth-order valence-corrected chi connectivity index (χ4v) is 6.64. The summed E-state index contributed by atoms with van der Waals surface area (Å²) in [5.41, 5.74) is 7.49. The summed E-state index contributed by atoms with van der Waals surface area (Å²) in [6.07, 6.45) is 12.6. The smallest absolute Gasteiger partial charge is 0.200 e. The Kier molecular flexibility index (Phi) is 11.8. The van der Waals surface area contributed by atoms with Crippen molar-refractivity contribution in [1.29, 1.82) is 0 Å². The van der Waals surface area contributed by atoms with Crippen molar-refractivity contribution >= 4 is 27.1 Å². The van der Waals surface area contributed by atoms with Crippen molar-refractivity contribution in [1.82, 2.24) is 0 Å². The van der Waals surface area contributed by atoms with Gasteiger partial charge in [0.2, 0.25) is 0 Å². The van der Waals surface area contributed by atoms with Crippen LogP contribution in [0, 0.1) is 0 Å². The van der Waals surface area contributed by atoms with Gasteiger partial charge in [-0.05, 0) is 59.0 Å². The SMILES string of the molecule is CCCCN(Cc1ccccc1)c1ccc(C(=C2C=CC(=[N+](CCCC)Cc3ccccc3)C=C2)c2ccccc2S(=O)(=O)[O-])cc1. The highest BCUT2D eigenvalue weighted by atomic mass is 32.2. The molecule has 0 aliphatic heterocycles. The lowest BCUT2D eigenvalue weighted by Crippen LogP contribution is -2.23. The Bertz CT molecular complexity index is 1840. The van der Waals surface area contributed by atoms with Gasteiger partial charge in [0, 0.05) is 48.5 Å². The van der Waals surface area contributed by atoms with Crippen molar-refractivity contribution in [3.63, 3.8) is 0 Å². The van der Waals surface area contributed by atoms with Crippen LogP contribution in [0.3, 0.4) is 0 Å². The summed E-state index contributed by atoms with van der Waals surface area (Å²) in [6.45, 7) is 7.85. The van der Waals surface area contributed by atoms with Crippen LogP contribution in [0.25, 0.3) is 5.57 Å². The van der Waals surface area contributed by atoms with Gasteiger partial charge in [-0.25, -0.2) is 13.0 Å². The van der Waals surface area contributed by atoms with Crippen molar-refractivity contribution in [2.75, 3.05) is 18.0 Å². The van der Waals surface area contributed by atoms with Crippen LogP contribution >= 0.6 is 0 Å². The molecule has 0 heterocycles. The van der Waals surface area contributed by atoms with E-state index in [0.717, 1.165) is 74.4 Å². The predicted molar refractivity (Wildman–Crippen MR) is 193 cm³/mol. The summed E-state index contributed by atoms with van der Waals surface area (Å²) in [4.78, 5) is 2.16. The van der Waals surface area contributed by atoms with Crippen molar-refractivity contribution in [3.05, 3.63) is 161 Å². The van der Waals surface area contributed by atoms with Gasteiger partial charge in [0.05, 0.1) is 4.90 Å². The molecular weight excluding hydrogens is 601 g/mol. The van der Waals surface area contributed by atoms with Crippen LogP contribution < -0.4 is 4.90 Å². The molecule has 0 saturated carbocycles. The van der Waals surface area contributed by atoms with Crippen LogP contribution in [0.4, 0.5) is 5.69 Å². The molecule has 47 heavy (non-hydrogen) atoms. The second-order valence-electron chi connectivity index (χ2n) is 11.9. The van der Waals surface area contributed by atoms with Crippen molar-refractivity contribution in [2.45, 2.75) is 57.5 Å². The molecule has 6 heteroatoms. The van der Waals surface area contributed by atoms with Gasteiger partial charge < -0.3 is 9.45 Å². The van der Waals surface area contributed by atoms with E-state index in [1.54, 1.807) is 18.2 Å². The Balaban J connectivity index is 1.57. The quantitative estimate of drug-likeness (QED) is 0.102. The average Bonchev–Trinajstić information content (AvgIpc) is 3.10. The van der Waals surface area contributed by atoms with E-state index in [2.05, 4.69) is 96.1 Å². The Hall–Kier alpha value is -4.52. The third kappa shape index (κ3) is 9.06. The number of nitrogens with zero attached hydrogens (tertiary/aromatic N) is 2. The van der Waals surface area contributed by atoms with Crippen LogP contribution in [0.1, 0.15) is 61.8 Å². The molecular formula is C41H44N2O3S. The molecule has 1 aliphatic carbocycles. The molecule has 1 aliphatic rings. The van der Waals surface area contributed by atoms with Crippen molar-refractivity contribution in [3.8, 4) is 0 Å². The molecule has 0 amide bonds. The maximum absolute atomic E-state index is 12.5. The van der Waals surface area contributed by atoms with Crippen LogP contribution in [0.15, 0.2) is 144 Å². The first-order chi connectivity index (χ1) is 22.9. The van der Waals surface area contributed by atoms with Crippen LogP contribution in [0.5, 0.6) is 0 Å². The van der Waals surface area contributed by atoms with Gasteiger partial charge in [-0.3, -0.25) is 0 Å². The molecule has 0 aromatic heterocycles. The van der Waals surface area contributed by atoms with Gasteiger partial charge in [-0.1, -0.05) is 118 Å². The van der Waals surface area contributed by atoms with E-state index in [1.807, 2.05) is 36.4 Å². The van der Waals surface area contributed by atoms with E-state index < -0.39 is 10.1 Å². The molecule has 5 rings (SSSR count). The first-order valence-corrected chi connectivity index (χ1v) is 18.0. The lowest BCUT2D eigenvalue weighted by Gasteiger charge is -2.26. The van der Waals surface area contributed by atoms with Crippen LogP contribution in [0.2, 0.25) is 0 Å². The summed E-state index contributed by atoms with van der Waals surface area (Å²) >= 11 is 0. The monoisotopic (exact) mass is 644 g/mol. The Morgan fingerprint density at radius 2 is 1.30 bits per heavy atom. The largest absolute Gasteiger partial charge is 0.744 e. The van der Waals surface area contributed by atoms with Crippen LogP contribution in [-0.2, 0) is 23.2 Å². The van der Waals surface area contributed by atoms with Crippen molar-refractivity contribution < 1.29 is 17.5 Å². The second-order valence-corrected chi connectivity index (χ2v) is 13.3. The zero-order valence-electron chi connectivity index (χ0n) is 27.4. The van der Waals surface area contributed by atoms with E-state index in [0.29, 0.717) is 11.1 Å². The standard InChI is InChI=1S/C41H44N2O3S/c1-3-5-29-42(31-33-15-9-7-10-16-33)37-25-21-35(22-26-37)41(39-19-13-14-20-40(39)47(44,45)46)36-23-27-38(28-24-36)43(30-6-4-2)32-34-17-11-8-12-18-34/h7-28H,3-6,29-32H2,1-2H3. The molecule has 242 valence electrons. The number of allylic oxidation sites excluding steroid dienone is 5. The fourth-order valence-electron chi connectivity index (χ4n) is 5.95. The van der Waals surface area contributed by atoms with Gasteiger partial charge in [0.25, 0.3) is 0 Å². The number of rotatable bonds is 14. The maximum atomic E-state index is 12.5. The minimum Gasteiger partial charge on any atom is -0.744 e. The van der Waals surface area contributed by atoms with E-state index in [9.17, 15) is 13.0 Å². The number of unbranched alkanes of at least 4 members (excludes halogenated alkanes) is 2. The Morgan fingerprint density at radius 3 is 1.91 bits per heavy atom. The maximum Gasteiger partial charge on any atom is 0.200 e. The molecule has 0 fully saturated rings. The third-order valence-electron chi connectivity index (χ3n) is 8.46. The first-order valence-electron chi connectivity index (χ1n) is 16.6. The molecule has 5 nitrogen and oxygen atoms in total. The molecule has 0 N–H and O–H groups in total. The minimum atomic E-state index is -4.71. The molecule has 0 spiro atoms. The van der Waals surface area contributed by atoms with Gasteiger partial charge in [-0.15, -0.1) is 0 Å². The summed E-state index contributed by atoms with van der Waals surface area (Å²) in [6, 6.07) is 35.7. The summed E-state index contributed by atoms with van der Waals surface area (Å²) in [5.74, 6) is 0. The first kappa shape index (κ1) is 33.8. The van der Waals surface area contributed by atoms with Crippen LogP contribution in [-0.4, -0.2) is 36.3 Å². The topological polar surface area (TPSA) is 63.5 Å². The van der Waals surface area contributed by atoms with Gasteiger partial charge in [0.15, 0.2) is 12.3 Å². The molecule has 0 unspecified atom stereocenters. The normalized spacial score (nSPS) is 12.7. The summed E-state index contributed by atoms with van der Waals surface area (Å²) < 4.78 is 39.8. The van der Waals surface area contributed by atoms with Gasteiger partial charge in [-0.2, -0.15) is 0 Å². The van der Waals surface area contributed by atoms with E-state index >= 15 is 0 Å². The molecule has 4 aromatic carbocycles. The number of anilines is 1. The highest BCUT2D eigenvalue weighted by Crippen LogP contribution is 2.35. The van der Waals surface area contributed by atoms with E-state index in [-0.39, 0.29) is 4.90 Å². The molecule has 4 aromatic rings. The van der Waals surface area contributed by atoms with E-state index in [4.69, 9.17) is 0 Å². The molecule has 0 atom stereocenters. The zero-order valence-corrected chi connectivity index (χ0v) is 28.2. The second kappa shape index (κ2) is 16.3. The Labute approximate surface area is 280 Å². The summed E-state index contributed by atoms with van der Waals surface area (Å²) in [7, 11) is -4.71. The lowest BCUT2D eigenvalue weighted by atomic mass is 9.90. The fraction of sp³-hybridized carbons (Fsp3) is 0.244. The van der Waals surface area contributed by atoms with Crippen molar-refractivity contribution in [2.24, 2.45) is 0 Å². The zero-order chi connectivity index (χ0) is 33.1. The molecule has 0 saturated heterocycles. The molecule has 0 bridgehead atoms. The number of benzene rings is 4. The highest BCUT2D eigenvalue weighted by molar-refractivity contribution is 7.85. The third-order valence-corrected chi connectivity index (χ3v) is 9.36. The number of hydrogen-bond acceptors (Lipinski definition) is 4. The number of hydrogen-bond donors (Lipinski definition) is 0. The average molecular weight is 645 g/mol. The summed E-state index contributed by atoms with van der Waals surface area (Å²) in [5, 5.41) is 0. The lowest BCUT2D eigenvalue weighted by molar-refractivity contribution is -0.543. The minimum absolute atomic E-state index is 0.217. The van der Waals surface area contributed by atoms with Gasteiger partial charge in [0.1, 0.15) is 16.7 Å². The highest BCUT2D eigenvalue weighted by Gasteiger charge is 2.20. The molecule has 0 radical (unpaired) electrons. The predicted octanol–water partition coefficient (Wildman–Crippen LogP) is 8.78. The van der Waals surface area contributed by atoms with E-state index in [1.165, 1.54) is 17.2 Å².